The summed E-state index contributed by atoms with van der Waals surface area (Å²) in [4.78, 5) is 19.5. The fraction of sp³-hybridized carbons (Fsp3) is 0.105. The largest absolute Gasteiger partial charge is 0.459 e. The van der Waals surface area contributed by atoms with E-state index in [1.807, 2.05) is 31.2 Å². The molecule has 0 fully saturated rings. The van der Waals surface area contributed by atoms with Crippen molar-refractivity contribution in [2.24, 2.45) is 5.73 Å². The maximum absolute atomic E-state index is 14.2. The zero-order valence-corrected chi connectivity index (χ0v) is 13.6. The van der Waals surface area contributed by atoms with Gasteiger partial charge in [0.05, 0.1) is 6.20 Å². The quantitative estimate of drug-likeness (QED) is 0.775. The zero-order chi connectivity index (χ0) is 17.8. The Morgan fingerprint density at radius 2 is 1.88 bits per heavy atom. The Morgan fingerprint density at radius 3 is 2.60 bits per heavy atom. The van der Waals surface area contributed by atoms with E-state index in [1.54, 1.807) is 18.2 Å². The number of rotatable bonds is 5. The highest BCUT2D eigenvalue weighted by Gasteiger charge is 2.16. The van der Waals surface area contributed by atoms with Crippen LogP contribution in [0.3, 0.4) is 0 Å². The van der Waals surface area contributed by atoms with E-state index in [1.165, 1.54) is 6.07 Å². The van der Waals surface area contributed by atoms with Crippen LogP contribution in [-0.2, 0) is 6.61 Å². The lowest BCUT2D eigenvalue weighted by atomic mass is 10.0. The van der Waals surface area contributed by atoms with Gasteiger partial charge in [-0.05, 0) is 18.6 Å². The van der Waals surface area contributed by atoms with Crippen molar-refractivity contribution in [3.63, 3.8) is 0 Å². The molecule has 0 unspecified atom stereocenters. The van der Waals surface area contributed by atoms with E-state index in [0.29, 0.717) is 5.56 Å². The van der Waals surface area contributed by atoms with Gasteiger partial charge in [0.25, 0.3) is 0 Å². The van der Waals surface area contributed by atoms with Crippen LogP contribution >= 0.6 is 0 Å². The number of hydrogen-bond donors (Lipinski definition) is 1. The average molecular weight is 337 g/mol. The number of benzene rings is 2. The summed E-state index contributed by atoms with van der Waals surface area (Å²) < 4.78 is 19.7. The number of ether oxygens (including phenoxy) is 1. The standard InChI is InChI=1S/C19H16FN3O2/c1-12-6-8-13(9-7-12)11-25-19-22-10-16(20)17(23-19)14-4-2-3-5-15(14)18(21)24/h2-10H,11H2,1H3,(H2,21,24). The highest BCUT2D eigenvalue weighted by atomic mass is 19.1. The first-order valence-corrected chi connectivity index (χ1v) is 7.64. The van der Waals surface area contributed by atoms with Crippen LogP contribution in [0.15, 0.2) is 54.7 Å². The summed E-state index contributed by atoms with van der Waals surface area (Å²) >= 11 is 0. The molecule has 0 aliphatic carbocycles. The third-order valence-electron chi connectivity index (χ3n) is 3.66. The number of nitrogens with zero attached hydrogens (tertiary/aromatic N) is 2. The third-order valence-corrected chi connectivity index (χ3v) is 3.66. The lowest BCUT2D eigenvalue weighted by Gasteiger charge is -2.09. The molecule has 0 aliphatic rings. The fourth-order valence-corrected chi connectivity index (χ4v) is 2.35. The molecular weight excluding hydrogens is 321 g/mol. The van der Waals surface area contributed by atoms with Crippen molar-refractivity contribution in [1.29, 1.82) is 0 Å². The molecule has 0 bridgehead atoms. The van der Waals surface area contributed by atoms with Crippen molar-refractivity contribution in [2.45, 2.75) is 13.5 Å². The van der Waals surface area contributed by atoms with E-state index in [9.17, 15) is 9.18 Å². The van der Waals surface area contributed by atoms with E-state index >= 15 is 0 Å². The van der Waals surface area contributed by atoms with Gasteiger partial charge in [0.1, 0.15) is 12.3 Å². The molecule has 1 aromatic heterocycles. The summed E-state index contributed by atoms with van der Waals surface area (Å²) in [7, 11) is 0. The molecule has 1 amide bonds. The Kier molecular flexibility index (Phi) is 4.70. The first-order valence-electron chi connectivity index (χ1n) is 7.64. The van der Waals surface area contributed by atoms with Crippen LogP contribution in [0.4, 0.5) is 4.39 Å². The number of carbonyl (C=O) groups excluding carboxylic acids is 1. The molecule has 1 heterocycles. The molecule has 0 radical (unpaired) electrons. The van der Waals surface area contributed by atoms with Crippen LogP contribution in [0.1, 0.15) is 21.5 Å². The normalized spacial score (nSPS) is 10.5. The molecule has 3 aromatic rings. The Balaban J connectivity index is 1.88. The summed E-state index contributed by atoms with van der Waals surface area (Å²) in [5, 5.41) is 0. The van der Waals surface area contributed by atoms with E-state index < -0.39 is 11.7 Å². The minimum Gasteiger partial charge on any atom is -0.459 e. The smallest absolute Gasteiger partial charge is 0.317 e. The maximum atomic E-state index is 14.2. The fourth-order valence-electron chi connectivity index (χ4n) is 2.35. The van der Waals surface area contributed by atoms with Gasteiger partial charge in [-0.2, -0.15) is 4.98 Å². The molecule has 0 saturated carbocycles. The van der Waals surface area contributed by atoms with Gasteiger partial charge in [-0.1, -0.05) is 48.0 Å². The SMILES string of the molecule is Cc1ccc(COc2ncc(F)c(-c3ccccc3C(N)=O)n2)cc1. The number of aromatic nitrogens is 2. The third kappa shape index (κ3) is 3.80. The highest BCUT2D eigenvalue weighted by Crippen LogP contribution is 2.25. The number of halogens is 1. The predicted molar refractivity (Wildman–Crippen MR) is 91.5 cm³/mol. The van der Waals surface area contributed by atoms with Crippen molar-refractivity contribution >= 4 is 5.91 Å². The number of amides is 1. The van der Waals surface area contributed by atoms with E-state index in [0.717, 1.165) is 17.3 Å². The highest BCUT2D eigenvalue weighted by molar-refractivity contribution is 5.99. The van der Waals surface area contributed by atoms with Gasteiger partial charge < -0.3 is 10.5 Å². The topological polar surface area (TPSA) is 78.1 Å². The van der Waals surface area contributed by atoms with Crippen molar-refractivity contribution in [3.05, 3.63) is 77.2 Å². The summed E-state index contributed by atoms with van der Waals surface area (Å²) in [6.07, 6.45) is 1.02. The molecule has 2 aromatic carbocycles. The van der Waals surface area contributed by atoms with Crippen LogP contribution in [0.2, 0.25) is 0 Å². The molecule has 0 saturated heterocycles. The van der Waals surface area contributed by atoms with Crippen molar-refractivity contribution in [2.75, 3.05) is 0 Å². The Hall–Kier alpha value is -3.28. The minimum atomic E-state index is -0.657. The molecule has 126 valence electrons. The molecule has 25 heavy (non-hydrogen) atoms. The number of nitrogens with two attached hydrogens (primary N) is 1. The van der Waals surface area contributed by atoms with Gasteiger partial charge in [0.2, 0.25) is 5.91 Å². The van der Waals surface area contributed by atoms with Gasteiger partial charge in [-0.3, -0.25) is 4.79 Å². The molecule has 0 atom stereocenters. The summed E-state index contributed by atoms with van der Waals surface area (Å²) in [6.45, 7) is 2.25. The van der Waals surface area contributed by atoms with Crippen LogP contribution in [-0.4, -0.2) is 15.9 Å². The molecule has 0 spiro atoms. The van der Waals surface area contributed by atoms with Crippen molar-refractivity contribution in [3.8, 4) is 17.3 Å². The second-order valence-corrected chi connectivity index (χ2v) is 5.53. The Morgan fingerprint density at radius 1 is 1.16 bits per heavy atom. The van der Waals surface area contributed by atoms with Gasteiger partial charge in [-0.25, -0.2) is 9.37 Å². The Labute approximate surface area is 144 Å². The van der Waals surface area contributed by atoms with Gasteiger partial charge in [0, 0.05) is 11.1 Å². The Bertz CT molecular complexity index is 911. The molecule has 2 N–H and O–H groups in total. The van der Waals surface area contributed by atoms with Gasteiger partial charge in [0.15, 0.2) is 5.82 Å². The lowest BCUT2D eigenvalue weighted by molar-refractivity contribution is 0.100. The molecule has 3 rings (SSSR count). The minimum absolute atomic E-state index is 0.0243. The van der Waals surface area contributed by atoms with E-state index in [4.69, 9.17) is 10.5 Å². The first-order chi connectivity index (χ1) is 12.0. The van der Waals surface area contributed by atoms with Crippen LogP contribution in [0, 0.1) is 12.7 Å². The second-order valence-electron chi connectivity index (χ2n) is 5.53. The second kappa shape index (κ2) is 7.09. The molecule has 6 heteroatoms. The number of carbonyl (C=O) groups is 1. The van der Waals surface area contributed by atoms with E-state index in [2.05, 4.69) is 9.97 Å². The van der Waals surface area contributed by atoms with Crippen LogP contribution in [0.5, 0.6) is 6.01 Å². The molecule has 5 nitrogen and oxygen atoms in total. The summed E-state index contributed by atoms with van der Waals surface area (Å²) in [5.41, 5.74) is 7.90. The first kappa shape index (κ1) is 16.6. The summed E-state index contributed by atoms with van der Waals surface area (Å²) in [5.74, 6) is -1.31. The van der Waals surface area contributed by atoms with Gasteiger partial charge >= 0.3 is 6.01 Å². The maximum Gasteiger partial charge on any atom is 0.317 e. The predicted octanol–water partition coefficient (Wildman–Crippen LogP) is 3.27. The van der Waals surface area contributed by atoms with E-state index in [-0.39, 0.29) is 23.9 Å². The lowest BCUT2D eigenvalue weighted by Crippen LogP contribution is -2.13. The summed E-state index contributed by atoms with van der Waals surface area (Å²) in [6, 6.07) is 14.3. The number of primary amides is 1. The monoisotopic (exact) mass is 337 g/mol. The van der Waals surface area contributed by atoms with Crippen molar-refractivity contribution < 1.29 is 13.9 Å². The number of hydrogen-bond acceptors (Lipinski definition) is 4. The molecule has 0 aliphatic heterocycles. The average Bonchev–Trinajstić information content (AvgIpc) is 2.62. The number of aryl methyl sites for hydroxylation is 1. The molecular formula is C19H16FN3O2. The van der Waals surface area contributed by atoms with Gasteiger partial charge in [-0.15, -0.1) is 0 Å². The van der Waals surface area contributed by atoms with Crippen molar-refractivity contribution in [1.82, 2.24) is 9.97 Å². The van der Waals surface area contributed by atoms with Crippen LogP contribution in [0.25, 0.3) is 11.3 Å². The van der Waals surface area contributed by atoms with Crippen LogP contribution < -0.4 is 10.5 Å². The zero-order valence-electron chi connectivity index (χ0n) is 13.6.